The Balaban J connectivity index is 3.99. The van der Waals surface area contributed by atoms with E-state index in [1.165, 1.54) is 13.0 Å². The maximum atomic E-state index is 10.4. The molecule has 0 spiro atoms. The monoisotopic (exact) mass is 184 g/mol. The van der Waals surface area contributed by atoms with Crippen LogP contribution < -0.4 is 0 Å². The minimum atomic E-state index is -0.918. The molecule has 0 saturated carbocycles. The van der Waals surface area contributed by atoms with Crippen molar-refractivity contribution in [2.45, 2.75) is 32.3 Å². The number of carbonyl (C=O) groups is 1. The Kier molecular flexibility index (Phi) is 4.42. The molecule has 0 aromatic carbocycles. The van der Waals surface area contributed by atoms with Crippen LogP contribution >= 0.6 is 0 Å². The van der Waals surface area contributed by atoms with Crippen LogP contribution in [0.4, 0.5) is 0 Å². The van der Waals surface area contributed by atoms with E-state index in [9.17, 15) is 9.90 Å². The first-order chi connectivity index (χ1) is 5.89. The van der Waals surface area contributed by atoms with Crippen LogP contribution in [0.15, 0.2) is 24.3 Å². The molecule has 0 aliphatic carbocycles. The molecule has 0 fully saturated rings. The van der Waals surface area contributed by atoms with E-state index >= 15 is 0 Å². The molecule has 13 heavy (non-hydrogen) atoms. The molecule has 0 radical (unpaired) electrons. The van der Waals surface area contributed by atoms with Gasteiger partial charge in [0.05, 0.1) is 5.60 Å². The van der Waals surface area contributed by atoms with Crippen molar-refractivity contribution in [3.8, 4) is 0 Å². The third kappa shape index (κ3) is 5.20. The van der Waals surface area contributed by atoms with Crippen molar-refractivity contribution in [2.24, 2.45) is 0 Å². The topological polar surface area (TPSA) is 57.5 Å². The maximum absolute atomic E-state index is 10.4. The molecule has 0 aliphatic rings. The van der Waals surface area contributed by atoms with Gasteiger partial charge in [-0.1, -0.05) is 12.2 Å². The van der Waals surface area contributed by atoms with Gasteiger partial charge in [-0.15, -0.1) is 6.58 Å². The summed E-state index contributed by atoms with van der Waals surface area (Å²) in [6.45, 7) is 6.65. The van der Waals surface area contributed by atoms with E-state index in [0.717, 1.165) is 0 Å². The van der Waals surface area contributed by atoms with Gasteiger partial charge in [0, 0.05) is 5.57 Å². The van der Waals surface area contributed by atoms with Crippen LogP contribution in [0, 0.1) is 0 Å². The van der Waals surface area contributed by atoms with Gasteiger partial charge in [-0.3, -0.25) is 0 Å². The smallest absolute Gasteiger partial charge is 0.330 e. The molecule has 0 heterocycles. The Morgan fingerprint density at radius 2 is 2.15 bits per heavy atom. The van der Waals surface area contributed by atoms with Crippen molar-refractivity contribution < 1.29 is 15.0 Å². The first-order valence-electron chi connectivity index (χ1n) is 4.15. The van der Waals surface area contributed by atoms with E-state index in [4.69, 9.17) is 5.11 Å². The highest BCUT2D eigenvalue weighted by atomic mass is 16.4. The van der Waals surface area contributed by atoms with E-state index in [1.54, 1.807) is 13.0 Å². The predicted octanol–water partition coefficient (Wildman–Crippen LogP) is 1.73. The summed E-state index contributed by atoms with van der Waals surface area (Å²) in [5.74, 6) is -0.918. The van der Waals surface area contributed by atoms with Crippen LogP contribution in [-0.4, -0.2) is 21.8 Å². The van der Waals surface area contributed by atoms with Gasteiger partial charge in [-0.05, 0) is 26.7 Å². The lowest BCUT2D eigenvalue weighted by Crippen LogP contribution is -2.19. The van der Waals surface area contributed by atoms with Gasteiger partial charge in [-0.25, -0.2) is 4.79 Å². The Morgan fingerprint density at radius 1 is 1.62 bits per heavy atom. The zero-order valence-electron chi connectivity index (χ0n) is 8.08. The number of aliphatic hydroxyl groups is 1. The molecular formula is C10H16O3. The average molecular weight is 184 g/mol. The standard InChI is InChI=1S/C10H16O3/c1-4-10(3,13)7-5-6-8(2)9(11)12/h4,6,13H,1,5,7H2,2-3H3,(H,11,12)/b8-6+/t10-/m0/s1. The summed E-state index contributed by atoms with van der Waals surface area (Å²) in [6, 6.07) is 0. The molecule has 0 aliphatic heterocycles. The molecule has 0 rings (SSSR count). The molecule has 1 atom stereocenters. The normalized spacial score (nSPS) is 16.4. The fourth-order valence-electron chi connectivity index (χ4n) is 0.770. The number of hydrogen-bond acceptors (Lipinski definition) is 2. The first-order valence-corrected chi connectivity index (χ1v) is 4.15. The Morgan fingerprint density at radius 3 is 2.54 bits per heavy atom. The molecular weight excluding hydrogens is 168 g/mol. The number of carboxylic acid groups (broad SMARTS) is 1. The summed E-state index contributed by atoms with van der Waals surface area (Å²) in [6.07, 6.45) is 4.08. The lowest BCUT2D eigenvalue weighted by Gasteiger charge is -2.16. The zero-order valence-corrected chi connectivity index (χ0v) is 8.08. The maximum Gasteiger partial charge on any atom is 0.330 e. The molecule has 3 heteroatoms. The van der Waals surface area contributed by atoms with Crippen molar-refractivity contribution in [3.63, 3.8) is 0 Å². The Bertz CT molecular complexity index is 226. The molecule has 0 bridgehead atoms. The zero-order chi connectivity index (χ0) is 10.5. The second kappa shape index (κ2) is 4.82. The van der Waals surface area contributed by atoms with Crippen LogP contribution in [0.1, 0.15) is 26.7 Å². The second-order valence-electron chi connectivity index (χ2n) is 3.29. The van der Waals surface area contributed by atoms with Crippen LogP contribution in [0.25, 0.3) is 0 Å². The van der Waals surface area contributed by atoms with Crippen LogP contribution in [0.2, 0.25) is 0 Å². The highest BCUT2D eigenvalue weighted by Crippen LogP contribution is 2.13. The summed E-state index contributed by atoms with van der Waals surface area (Å²) >= 11 is 0. The second-order valence-corrected chi connectivity index (χ2v) is 3.29. The van der Waals surface area contributed by atoms with Gasteiger partial charge >= 0.3 is 5.97 Å². The van der Waals surface area contributed by atoms with Crippen molar-refractivity contribution >= 4 is 5.97 Å². The van der Waals surface area contributed by atoms with Crippen molar-refractivity contribution in [2.75, 3.05) is 0 Å². The number of carboxylic acids is 1. The molecule has 2 N–H and O–H groups in total. The molecule has 3 nitrogen and oxygen atoms in total. The third-order valence-electron chi connectivity index (χ3n) is 1.88. The quantitative estimate of drug-likeness (QED) is 0.505. The van der Waals surface area contributed by atoms with Crippen LogP contribution in [-0.2, 0) is 4.79 Å². The summed E-state index contributed by atoms with van der Waals surface area (Å²) in [5, 5.41) is 18.0. The SMILES string of the molecule is C=C[C@](C)(O)CC/C=C(\C)C(=O)O. The summed E-state index contributed by atoms with van der Waals surface area (Å²) < 4.78 is 0. The minimum absolute atomic E-state index is 0.305. The van der Waals surface area contributed by atoms with E-state index in [1.807, 2.05) is 0 Å². The van der Waals surface area contributed by atoms with Gasteiger partial charge in [0.15, 0.2) is 0 Å². The lowest BCUT2D eigenvalue weighted by atomic mass is 10.00. The van der Waals surface area contributed by atoms with E-state index in [0.29, 0.717) is 18.4 Å². The minimum Gasteiger partial charge on any atom is -0.478 e. The van der Waals surface area contributed by atoms with Gasteiger partial charge < -0.3 is 10.2 Å². The van der Waals surface area contributed by atoms with Gasteiger partial charge in [0.2, 0.25) is 0 Å². The van der Waals surface area contributed by atoms with E-state index in [-0.39, 0.29) is 0 Å². The third-order valence-corrected chi connectivity index (χ3v) is 1.88. The number of allylic oxidation sites excluding steroid dienone is 1. The fraction of sp³-hybridized carbons (Fsp3) is 0.500. The highest BCUT2D eigenvalue weighted by Gasteiger charge is 2.13. The van der Waals surface area contributed by atoms with Crippen LogP contribution in [0.5, 0.6) is 0 Å². The largest absolute Gasteiger partial charge is 0.478 e. The number of rotatable bonds is 5. The van der Waals surface area contributed by atoms with Crippen molar-refractivity contribution in [1.29, 1.82) is 0 Å². The average Bonchev–Trinajstić information content (AvgIpc) is 2.04. The Labute approximate surface area is 78.4 Å². The lowest BCUT2D eigenvalue weighted by molar-refractivity contribution is -0.132. The fourth-order valence-corrected chi connectivity index (χ4v) is 0.770. The molecule has 0 amide bonds. The van der Waals surface area contributed by atoms with Crippen LogP contribution in [0.3, 0.4) is 0 Å². The number of hydrogen-bond donors (Lipinski definition) is 2. The van der Waals surface area contributed by atoms with Crippen molar-refractivity contribution in [3.05, 3.63) is 24.3 Å². The summed E-state index contributed by atoms with van der Waals surface area (Å²) in [7, 11) is 0. The predicted molar refractivity (Wildman–Crippen MR) is 51.4 cm³/mol. The molecule has 0 aromatic rings. The Hall–Kier alpha value is -1.09. The summed E-state index contributed by atoms with van der Waals surface area (Å²) in [5.41, 5.74) is -0.602. The highest BCUT2D eigenvalue weighted by molar-refractivity contribution is 5.85. The van der Waals surface area contributed by atoms with E-state index in [2.05, 4.69) is 6.58 Å². The molecule has 0 unspecified atom stereocenters. The van der Waals surface area contributed by atoms with Gasteiger partial charge in [0.1, 0.15) is 0 Å². The number of aliphatic carboxylic acids is 1. The van der Waals surface area contributed by atoms with E-state index < -0.39 is 11.6 Å². The van der Waals surface area contributed by atoms with Crippen molar-refractivity contribution in [1.82, 2.24) is 0 Å². The first kappa shape index (κ1) is 11.9. The van der Waals surface area contributed by atoms with Gasteiger partial charge in [0.25, 0.3) is 0 Å². The molecule has 74 valence electrons. The molecule has 0 aromatic heterocycles. The van der Waals surface area contributed by atoms with Gasteiger partial charge in [-0.2, -0.15) is 0 Å². The molecule has 0 saturated heterocycles. The summed E-state index contributed by atoms with van der Waals surface area (Å²) in [4.78, 5) is 10.4.